The highest BCUT2D eigenvalue weighted by Crippen LogP contribution is 2.11. The van der Waals surface area contributed by atoms with Gasteiger partial charge in [0.2, 0.25) is 0 Å². The van der Waals surface area contributed by atoms with E-state index in [1.807, 2.05) is 0 Å². The minimum Gasteiger partial charge on any atom is -0.427 e. The fourth-order valence-corrected chi connectivity index (χ4v) is 0.706. The number of hydrogen-bond donors (Lipinski definition) is 0. The lowest BCUT2D eigenvalue weighted by Crippen LogP contribution is -2.05. The molecule has 0 aromatic heterocycles. The van der Waals surface area contributed by atoms with Gasteiger partial charge in [0.15, 0.2) is 0 Å². The number of ether oxygens (including phenoxy) is 1. The molecular formula is C9H9FO2. The smallest absolute Gasteiger partial charge is 0.310 e. The summed E-state index contributed by atoms with van der Waals surface area (Å²) in [6.45, 7) is 1.70. The van der Waals surface area contributed by atoms with Crippen LogP contribution in [0, 0.1) is 5.82 Å². The molecule has 0 saturated carbocycles. The van der Waals surface area contributed by atoms with Gasteiger partial charge >= 0.3 is 5.97 Å². The first-order valence-electron chi connectivity index (χ1n) is 3.68. The Bertz CT molecular complexity index is 266. The summed E-state index contributed by atoms with van der Waals surface area (Å²) in [4.78, 5) is 10.8. The number of carbonyl (C=O) groups is 1. The minimum absolute atomic E-state index is 0.317. The van der Waals surface area contributed by atoms with E-state index in [0.717, 1.165) is 0 Å². The van der Waals surface area contributed by atoms with Gasteiger partial charge < -0.3 is 4.74 Å². The lowest BCUT2D eigenvalue weighted by Gasteiger charge is -2.00. The van der Waals surface area contributed by atoms with Crippen LogP contribution < -0.4 is 4.74 Å². The van der Waals surface area contributed by atoms with Crippen LogP contribution in [-0.2, 0) is 4.79 Å². The van der Waals surface area contributed by atoms with Crippen molar-refractivity contribution < 1.29 is 13.9 Å². The molecule has 0 atom stereocenters. The normalized spacial score (nSPS) is 9.50. The third-order valence-electron chi connectivity index (χ3n) is 1.33. The van der Waals surface area contributed by atoms with Crippen LogP contribution in [0.5, 0.6) is 5.75 Å². The molecule has 2 nitrogen and oxygen atoms in total. The van der Waals surface area contributed by atoms with E-state index < -0.39 is 0 Å². The van der Waals surface area contributed by atoms with Crippen LogP contribution in [0.3, 0.4) is 0 Å². The fourth-order valence-electron chi connectivity index (χ4n) is 0.706. The highest BCUT2D eigenvalue weighted by molar-refractivity contribution is 5.71. The molecule has 0 N–H and O–H groups in total. The van der Waals surface area contributed by atoms with Crippen molar-refractivity contribution in [3.8, 4) is 5.75 Å². The average molecular weight is 168 g/mol. The molecule has 64 valence electrons. The maximum atomic E-state index is 12.4. The van der Waals surface area contributed by atoms with Gasteiger partial charge in [-0.3, -0.25) is 4.79 Å². The van der Waals surface area contributed by atoms with Gasteiger partial charge in [0.25, 0.3) is 0 Å². The van der Waals surface area contributed by atoms with Crippen LogP contribution >= 0.6 is 0 Å². The predicted octanol–water partition coefficient (Wildman–Crippen LogP) is 2.14. The molecule has 1 aromatic rings. The van der Waals surface area contributed by atoms with Crippen LogP contribution in [0.4, 0.5) is 4.39 Å². The molecule has 3 heteroatoms. The van der Waals surface area contributed by atoms with Gasteiger partial charge in [0, 0.05) is 6.42 Å². The van der Waals surface area contributed by atoms with Crippen molar-refractivity contribution in [2.24, 2.45) is 0 Å². The molecule has 0 amide bonds. The SMILES string of the molecule is CCC(=O)Oc1ccc(F)cc1. The Morgan fingerprint density at radius 1 is 1.42 bits per heavy atom. The largest absolute Gasteiger partial charge is 0.427 e. The Hall–Kier alpha value is -1.38. The fraction of sp³-hybridized carbons (Fsp3) is 0.222. The van der Waals surface area contributed by atoms with Crippen LogP contribution in [-0.4, -0.2) is 5.97 Å². The molecule has 0 bridgehead atoms. The van der Waals surface area contributed by atoms with Crippen molar-refractivity contribution >= 4 is 5.97 Å². The minimum atomic E-state index is -0.341. The van der Waals surface area contributed by atoms with Crippen molar-refractivity contribution in [2.75, 3.05) is 0 Å². The summed E-state index contributed by atoms with van der Waals surface area (Å²) in [6, 6.07) is 5.34. The molecule has 0 heterocycles. The maximum Gasteiger partial charge on any atom is 0.310 e. The lowest BCUT2D eigenvalue weighted by molar-refractivity contribution is -0.134. The van der Waals surface area contributed by atoms with Crippen LogP contribution in [0.2, 0.25) is 0 Å². The number of benzene rings is 1. The Morgan fingerprint density at radius 2 is 2.00 bits per heavy atom. The average Bonchev–Trinajstić information content (AvgIpc) is 2.09. The summed E-state index contributed by atoms with van der Waals surface area (Å²) in [5.41, 5.74) is 0. The third kappa shape index (κ3) is 2.34. The number of halogens is 1. The molecule has 1 rings (SSSR count). The lowest BCUT2D eigenvalue weighted by atomic mass is 10.3. The van der Waals surface area contributed by atoms with Crippen molar-refractivity contribution in [1.29, 1.82) is 0 Å². The van der Waals surface area contributed by atoms with Gasteiger partial charge in [-0.2, -0.15) is 0 Å². The summed E-state index contributed by atoms with van der Waals surface area (Å²) in [6.07, 6.45) is 0.317. The molecule has 0 saturated heterocycles. The zero-order valence-electron chi connectivity index (χ0n) is 6.71. The molecule has 0 aliphatic heterocycles. The van der Waals surface area contributed by atoms with Gasteiger partial charge in [-0.15, -0.1) is 0 Å². The van der Waals surface area contributed by atoms with Gasteiger partial charge in [0.05, 0.1) is 0 Å². The molecule has 0 radical (unpaired) electrons. The first-order chi connectivity index (χ1) is 5.72. The topological polar surface area (TPSA) is 26.3 Å². The molecule has 0 unspecified atom stereocenters. The Kier molecular flexibility index (Phi) is 2.80. The maximum absolute atomic E-state index is 12.4. The van der Waals surface area contributed by atoms with E-state index in [9.17, 15) is 9.18 Å². The van der Waals surface area contributed by atoms with Crippen molar-refractivity contribution in [1.82, 2.24) is 0 Å². The summed E-state index contributed by atoms with van der Waals surface area (Å²) < 4.78 is 17.2. The van der Waals surface area contributed by atoms with E-state index in [0.29, 0.717) is 12.2 Å². The zero-order valence-corrected chi connectivity index (χ0v) is 6.71. The van der Waals surface area contributed by atoms with E-state index >= 15 is 0 Å². The van der Waals surface area contributed by atoms with Gasteiger partial charge in [-0.25, -0.2) is 4.39 Å². The second-order valence-corrected chi connectivity index (χ2v) is 2.28. The number of hydrogen-bond acceptors (Lipinski definition) is 2. The molecule has 0 aliphatic rings. The van der Waals surface area contributed by atoms with Crippen LogP contribution in [0.15, 0.2) is 24.3 Å². The summed E-state index contributed by atoms with van der Waals surface area (Å²) in [7, 11) is 0. The van der Waals surface area contributed by atoms with Crippen LogP contribution in [0.1, 0.15) is 13.3 Å². The van der Waals surface area contributed by atoms with E-state index in [2.05, 4.69) is 0 Å². The summed E-state index contributed by atoms with van der Waals surface area (Å²) in [5.74, 6) is -0.281. The van der Waals surface area contributed by atoms with Crippen molar-refractivity contribution in [3.05, 3.63) is 30.1 Å². The van der Waals surface area contributed by atoms with E-state index in [1.165, 1.54) is 24.3 Å². The van der Waals surface area contributed by atoms with Gasteiger partial charge in [-0.1, -0.05) is 6.92 Å². The van der Waals surface area contributed by atoms with Crippen LogP contribution in [0.25, 0.3) is 0 Å². The number of carbonyl (C=O) groups excluding carboxylic acids is 1. The monoisotopic (exact) mass is 168 g/mol. The predicted molar refractivity (Wildman–Crippen MR) is 42.3 cm³/mol. The van der Waals surface area contributed by atoms with Gasteiger partial charge in [0.1, 0.15) is 11.6 Å². The molecule has 0 spiro atoms. The first kappa shape index (κ1) is 8.71. The second kappa shape index (κ2) is 3.85. The highest BCUT2D eigenvalue weighted by Gasteiger charge is 2.00. The van der Waals surface area contributed by atoms with E-state index in [4.69, 9.17) is 4.74 Å². The quantitative estimate of drug-likeness (QED) is 0.499. The third-order valence-corrected chi connectivity index (χ3v) is 1.33. The summed E-state index contributed by atoms with van der Waals surface area (Å²) in [5, 5.41) is 0. The Morgan fingerprint density at radius 3 is 2.50 bits per heavy atom. The van der Waals surface area contributed by atoms with Crippen molar-refractivity contribution in [3.63, 3.8) is 0 Å². The number of rotatable bonds is 2. The van der Waals surface area contributed by atoms with E-state index in [-0.39, 0.29) is 11.8 Å². The standard InChI is InChI=1S/C9H9FO2/c1-2-9(11)12-8-5-3-7(10)4-6-8/h3-6H,2H2,1H3. The van der Waals surface area contributed by atoms with E-state index in [1.54, 1.807) is 6.92 Å². The Balaban J connectivity index is 2.64. The molecule has 0 aliphatic carbocycles. The Labute approximate surface area is 70.0 Å². The molecule has 0 fully saturated rings. The molecule has 1 aromatic carbocycles. The first-order valence-corrected chi connectivity index (χ1v) is 3.68. The molecular weight excluding hydrogens is 159 g/mol. The molecule has 12 heavy (non-hydrogen) atoms. The van der Waals surface area contributed by atoms with Crippen molar-refractivity contribution in [2.45, 2.75) is 13.3 Å². The zero-order chi connectivity index (χ0) is 8.97. The number of esters is 1. The summed E-state index contributed by atoms with van der Waals surface area (Å²) >= 11 is 0. The highest BCUT2D eigenvalue weighted by atomic mass is 19.1. The van der Waals surface area contributed by atoms with Gasteiger partial charge in [-0.05, 0) is 24.3 Å². The second-order valence-electron chi connectivity index (χ2n) is 2.28.